The lowest BCUT2D eigenvalue weighted by molar-refractivity contribution is -0.136. The summed E-state index contributed by atoms with van der Waals surface area (Å²) in [5, 5.41) is 2.66. The maximum Gasteiger partial charge on any atom is 0.374 e. The van der Waals surface area contributed by atoms with Crippen molar-refractivity contribution in [3.63, 3.8) is 0 Å². The van der Waals surface area contributed by atoms with Gasteiger partial charge in [-0.15, -0.1) is 0 Å². The first-order chi connectivity index (χ1) is 16.3. The molecule has 34 heavy (non-hydrogen) atoms. The zero-order valence-corrected chi connectivity index (χ0v) is 18.6. The Labute approximate surface area is 195 Å². The summed E-state index contributed by atoms with van der Waals surface area (Å²) >= 11 is 0. The smallest absolute Gasteiger partial charge is 0.374 e. The van der Waals surface area contributed by atoms with Crippen LogP contribution in [-0.2, 0) is 20.9 Å². The quantitative estimate of drug-likeness (QED) is 0.453. The van der Waals surface area contributed by atoms with E-state index in [1.807, 2.05) is 0 Å². The third kappa shape index (κ3) is 7.09. The molecule has 0 atom stereocenters. The van der Waals surface area contributed by atoms with Crippen LogP contribution in [-0.4, -0.2) is 50.0 Å². The van der Waals surface area contributed by atoms with Crippen molar-refractivity contribution in [3.05, 3.63) is 78.0 Å². The van der Waals surface area contributed by atoms with E-state index in [0.29, 0.717) is 22.9 Å². The van der Waals surface area contributed by atoms with E-state index in [1.165, 1.54) is 50.6 Å². The molecular weight excluding hydrogens is 447 g/mol. The molecule has 0 radical (unpaired) electrons. The fraction of sp³-hybridized carbons (Fsp3) is 0.208. The molecule has 9 nitrogen and oxygen atoms in total. The molecule has 10 heteroatoms. The Hall–Kier alpha value is -4.34. The second-order valence-corrected chi connectivity index (χ2v) is 7.11. The predicted molar refractivity (Wildman–Crippen MR) is 119 cm³/mol. The topological polar surface area (TPSA) is 107 Å². The minimum Gasteiger partial charge on any atom is -0.497 e. The van der Waals surface area contributed by atoms with Crippen LogP contribution in [0.1, 0.15) is 16.3 Å². The molecule has 1 heterocycles. The first-order valence-corrected chi connectivity index (χ1v) is 10.2. The average molecular weight is 470 g/mol. The Morgan fingerprint density at radius 1 is 1.03 bits per heavy atom. The molecule has 0 unspecified atom stereocenters. The minimum absolute atomic E-state index is 0.0168. The summed E-state index contributed by atoms with van der Waals surface area (Å²) in [6, 6.07) is 15.2. The lowest BCUT2D eigenvalue weighted by Gasteiger charge is -2.16. The number of carbonyl (C=O) groups is 3. The highest BCUT2D eigenvalue weighted by Gasteiger charge is 2.18. The van der Waals surface area contributed by atoms with Crippen LogP contribution in [0, 0.1) is 5.82 Å². The third-order valence-electron chi connectivity index (χ3n) is 4.54. The Morgan fingerprint density at radius 2 is 1.79 bits per heavy atom. The van der Waals surface area contributed by atoms with Gasteiger partial charge in [-0.3, -0.25) is 9.59 Å². The largest absolute Gasteiger partial charge is 0.497 e. The number of hydrogen-bond donors (Lipinski definition) is 1. The number of halogens is 1. The van der Waals surface area contributed by atoms with Gasteiger partial charge in [0.1, 0.15) is 29.7 Å². The van der Waals surface area contributed by atoms with E-state index < -0.39 is 24.4 Å². The van der Waals surface area contributed by atoms with Gasteiger partial charge in [-0.1, -0.05) is 6.07 Å². The van der Waals surface area contributed by atoms with Gasteiger partial charge in [-0.25, -0.2) is 9.18 Å². The van der Waals surface area contributed by atoms with E-state index in [9.17, 15) is 18.8 Å². The molecule has 0 bridgehead atoms. The molecule has 1 N–H and O–H groups in total. The van der Waals surface area contributed by atoms with Crippen molar-refractivity contribution in [2.45, 2.75) is 6.61 Å². The fourth-order valence-corrected chi connectivity index (χ4v) is 2.76. The molecule has 0 fully saturated rings. The van der Waals surface area contributed by atoms with E-state index >= 15 is 0 Å². The fourth-order valence-electron chi connectivity index (χ4n) is 2.76. The number of amides is 2. The monoisotopic (exact) mass is 470 g/mol. The summed E-state index contributed by atoms with van der Waals surface area (Å²) in [4.78, 5) is 37.7. The summed E-state index contributed by atoms with van der Waals surface area (Å²) in [7, 11) is 2.93. The highest BCUT2D eigenvalue weighted by molar-refractivity contribution is 5.95. The molecule has 0 aliphatic rings. The third-order valence-corrected chi connectivity index (χ3v) is 4.54. The Morgan fingerprint density at radius 3 is 2.53 bits per heavy atom. The number of methoxy groups -OCH3 is 1. The van der Waals surface area contributed by atoms with E-state index in [-0.39, 0.29) is 24.7 Å². The Kier molecular flexibility index (Phi) is 8.22. The number of anilines is 1. The molecule has 0 aliphatic heterocycles. The SMILES string of the molecule is COc1cccc(NC(=O)CN(C)C(=O)COC(=O)c2ccc(COc3ccc(F)cc3)o2)c1. The maximum absolute atomic E-state index is 12.9. The molecule has 178 valence electrons. The second kappa shape index (κ2) is 11.5. The van der Waals surface area contributed by atoms with Crippen LogP contribution in [0.15, 0.2) is 65.1 Å². The number of carbonyl (C=O) groups excluding carboxylic acids is 3. The lowest BCUT2D eigenvalue weighted by atomic mass is 10.3. The van der Waals surface area contributed by atoms with Crippen molar-refractivity contribution in [1.82, 2.24) is 4.90 Å². The van der Waals surface area contributed by atoms with Crippen LogP contribution >= 0.6 is 0 Å². The Bertz CT molecular complexity index is 1140. The van der Waals surface area contributed by atoms with Crippen molar-refractivity contribution < 1.29 is 37.4 Å². The maximum atomic E-state index is 12.9. The van der Waals surface area contributed by atoms with Crippen molar-refractivity contribution >= 4 is 23.5 Å². The molecule has 0 saturated carbocycles. The Balaban J connectivity index is 1.42. The summed E-state index contributed by atoms with van der Waals surface area (Å²) < 4.78 is 33.8. The zero-order chi connectivity index (χ0) is 24.5. The molecule has 3 aromatic rings. The molecular formula is C24H23FN2O7. The van der Waals surface area contributed by atoms with Gasteiger partial charge in [0, 0.05) is 18.8 Å². The number of esters is 1. The molecule has 1 aromatic heterocycles. The normalized spacial score (nSPS) is 10.3. The second-order valence-electron chi connectivity index (χ2n) is 7.11. The zero-order valence-electron chi connectivity index (χ0n) is 18.6. The van der Waals surface area contributed by atoms with Gasteiger partial charge in [0.2, 0.25) is 11.7 Å². The highest BCUT2D eigenvalue weighted by Crippen LogP contribution is 2.17. The van der Waals surface area contributed by atoms with Crippen LogP contribution in [0.5, 0.6) is 11.5 Å². The number of benzene rings is 2. The number of likely N-dealkylation sites (N-methyl/N-ethyl adjacent to an activating group) is 1. The van der Waals surface area contributed by atoms with Crippen molar-refractivity contribution in [2.24, 2.45) is 0 Å². The van der Waals surface area contributed by atoms with Crippen molar-refractivity contribution in [3.8, 4) is 11.5 Å². The van der Waals surface area contributed by atoms with E-state index in [1.54, 1.807) is 24.3 Å². The van der Waals surface area contributed by atoms with Gasteiger partial charge in [-0.2, -0.15) is 0 Å². The molecule has 0 saturated heterocycles. The van der Waals surface area contributed by atoms with Gasteiger partial charge in [0.25, 0.3) is 5.91 Å². The first kappa shape index (κ1) is 24.3. The molecule has 2 amide bonds. The summed E-state index contributed by atoms with van der Waals surface area (Å²) in [6.45, 7) is -0.786. The van der Waals surface area contributed by atoms with E-state index in [4.69, 9.17) is 18.6 Å². The van der Waals surface area contributed by atoms with Gasteiger partial charge in [0.15, 0.2) is 6.61 Å². The summed E-state index contributed by atoms with van der Waals surface area (Å²) in [5.41, 5.74) is 0.522. The number of furan rings is 1. The minimum atomic E-state index is -0.837. The standard InChI is InChI=1S/C24H23FN2O7/c1-27(13-22(28)26-17-4-3-5-19(12-17)31-2)23(29)15-33-24(30)21-11-10-20(34-21)14-32-18-8-6-16(25)7-9-18/h3-12H,13-15H2,1-2H3,(H,26,28). The van der Waals surface area contributed by atoms with E-state index in [0.717, 1.165) is 4.90 Å². The predicted octanol–water partition coefficient (Wildman–Crippen LogP) is 3.26. The summed E-state index contributed by atoms with van der Waals surface area (Å²) in [5.74, 6) is -0.961. The highest BCUT2D eigenvalue weighted by atomic mass is 19.1. The van der Waals surface area contributed by atoms with Crippen molar-refractivity contribution in [2.75, 3.05) is 32.6 Å². The van der Waals surface area contributed by atoms with Gasteiger partial charge >= 0.3 is 5.97 Å². The van der Waals surface area contributed by atoms with Gasteiger partial charge in [-0.05, 0) is 48.5 Å². The number of nitrogens with zero attached hydrogens (tertiary/aromatic N) is 1. The van der Waals surface area contributed by atoms with Gasteiger partial charge < -0.3 is 28.8 Å². The molecule has 2 aromatic carbocycles. The first-order valence-electron chi connectivity index (χ1n) is 10.2. The number of rotatable bonds is 10. The van der Waals surface area contributed by atoms with Crippen molar-refractivity contribution in [1.29, 1.82) is 0 Å². The number of hydrogen-bond acceptors (Lipinski definition) is 7. The van der Waals surface area contributed by atoms with Crippen LogP contribution in [0.4, 0.5) is 10.1 Å². The number of ether oxygens (including phenoxy) is 3. The van der Waals surface area contributed by atoms with Crippen LogP contribution in [0.2, 0.25) is 0 Å². The molecule has 0 spiro atoms. The summed E-state index contributed by atoms with van der Waals surface area (Å²) in [6.07, 6.45) is 0. The number of nitrogens with one attached hydrogen (secondary N) is 1. The molecule has 0 aliphatic carbocycles. The van der Waals surface area contributed by atoms with Crippen LogP contribution < -0.4 is 14.8 Å². The lowest BCUT2D eigenvalue weighted by Crippen LogP contribution is -2.37. The van der Waals surface area contributed by atoms with Gasteiger partial charge in [0.05, 0.1) is 13.7 Å². The van der Waals surface area contributed by atoms with Crippen LogP contribution in [0.25, 0.3) is 0 Å². The van der Waals surface area contributed by atoms with Crippen LogP contribution in [0.3, 0.4) is 0 Å². The average Bonchev–Trinajstić information content (AvgIpc) is 3.31. The molecule has 3 rings (SSSR count). The van der Waals surface area contributed by atoms with E-state index in [2.05, 4.69) is 5.32 Å².